The first kappa shape index (κ1) is 22.4. The van der Waals surface area contributed by atoms with E-state index < -0.39 is 0 Å². The van der Waals surface area contributed by atoms with Crippen LogP contribution in [0, 0.1) is 28.6 Å². The van der Waals surface area contributed by atoms with Gasteiger partial charge in [-0.3, -0.25) is 0 Å². The van der Waals surface area contributed by atoms with Crippen molar-refractivity contribution in [2.24, 2.45) is 17.3 Å². The second-order valence-electron chi connectivity index (χ2n) is 10.2. The molecule has 0 aromatic heterocycles. The third-order valence-corrected chi connectivity index (χ3v) is 8.33. The van der Waals surface area contributed by atoms with Gasteiger partial charge in [0.2, 0.25) is 0 Å². The molecule has 0 bridgehead atoms. The van der Waals surface area contributed by atoms with Gasteiger partial charge in [0, 0.05) is 0 Å². The van der Waals surface area contributed by atoms with Crippen LogP contribution in [0.15, 0.2) is 24.3 Å². The molecule has 0 heterocycles. The summed E-state index contributed by atoms with van der Waals surface area (Å²) in [5.74, 6) is 2.66. The molecule has 160 valence electrons. The molecule has 0 aliphatic heterocycles. The molecule has 2 fully saturated rings. The maximum Gasteiger partial charge on any atom is 0.0689 e. The molecule has 2 aliphatic carbocycles. The van der Waals surface area contributed by atoms with Gasteiger partial charge in [0.1, 0.15) is 0 Å². The Morgan fingerprint density at radius 2 is 1.48 bits per heavy atom. The predicted octanol–water partition coefficient (Wildman–Crippen LogP) is 8.58. The van der Waals surface area contributed by atoms with E-state index in [1.54, 1.807) is 0 Å². The number of benzene rings is 1. The molecular formula is C28H43N. The van der Waals surface area contributed by atoms with E-state index in [9.17, 15) is 5.26 Å². The highest BCUT2D eigenvalue weighted by atomic mass is 14.4. The highest BCUT2D eigenvalue weighted by Crippen LogP contribution is 2.44. The predicted molar refractivity (Wildman–Crippen MR) is 124 cm³/mol. The monoisotopic (exact) mass is 393 g/mol. The van der Waals surface area contributed by atoms with Gasteiger partial charge in [-0.15, -0.1) is 0 Å². The Labute approximate surface area is 180 Å². The van der Waals surface area contributed by atoms with E-state index in [2.05, 4.69) is 44.2 Å². The average molecular weight is 394 g/mol. The maximum absolute atomic E-state index is 9.51. The molecule has 1 heteroatoms. The zero-order valence-corrected chi connectivity index (χ0v) is 19.1. The number of unbranched alkanes of at least 4 members (excludes halogenated alkanes) is 2. The van der Waals surface area contributed by atoms with Gasteiger partial charge in [-0.05, 0) is 73.8 Å². The number of rotatable bonds is 9. The molecule has 2 aliphatic rings. The van der Waals surface area contributed by atoms with E-state index >= 15 is 0 Å². The maximum atomic E-state index is 9.51. The van der Waals surface area contributed by atoms with Crippen molar-refractivity contribution in [2.75, 3.05) is 0 Å². The molecule has 0 amide bonds. The van der Waals surface area contributed by atoms with E-state index in [-0.39, 0.29) is 5.41 Å². The summed E-state index contributed by atoms with van der Waals surface area (Å²) >= 11 is 0. The number of hydrogen-bond donors (Lipinski definition) is 0. The van der Waals surface area contributed by atoms with Crippen LogP contribution in [0.25, 0.3) is 0 Å². The standard InChI is InChI=1S/C28H43N/c1-3-5-6-7-23-8-10-24(11-9-23)12-13-25-14-16-26(17-15-25)27-18-20-28(4-2,22-29)21-19-27/h14-17,23-24,27H,3-13,18-21H2,1-2H3/t23-,24-,27?,28?. The van der Waals surface area contributed by atoms with Gasteiger partial charge in [-0.25, -0.2) is 0 Å². The Kier molecular flexibility index (Phi) is 8.65. The first-order valence-electron chi connectivity index (χ1n) is 12.7. The minimum absolute atomic E-state index is 0.0363. The van der Waals surface area contributed by atoms with Gasteiger partial charge >= 0.3 is 0 Å². The molecule has 0 radical (unpaired) electrons. The topological polar surface area (TPSA) is 23.8 Å². The van der Waals surface area contributed by atoms with Gasteiger partial charge in [0.05, 0.1) is 11.5 Å². The fraction of sp³-hybridized carbons (Fsp3) is 0.750. The van der Waals surface area contributed by atoms with Crippen LogP contribution in [0.4, 0.5) is 0 Å². The number of hydrogen-bond acceptors (Lipinski definition) is 1. The van der Waals surface area contributed by atoms with Crippen LogP contribution < -0.4 is 0 Å². The molecule has 1 aromatic rings. The Balaban J connectivity index is 1.39. The third-order valence-electron chi connectivity index (χ3n) is 8.33. The molecule has 2 saturated carbocycles. The minimum Gasteiger partial charge on any atom is -0.198 e. The zero-order chi connectivity index (χ0) is 20.5. The number of aryl methyl sites for hydroxylation is 1. The first-order chi connectivity index (χ1) is 14.2. The summed E-state index contributed by atoms with van der Waals surface area (Å²) in [5.41, 5.74) is 2.99. The van der Waals surface area contributed by atoms with Gasteiger partial charge in [0.15, 0.2) is 0 Å². The summed E-state index contributed by atoms with van der Waals surface area (Å²) in [6.45, 7) is 4.49. The van der Waals surface area contributed by atoms with Crippen molar-refractivity contribution in [3.8, 4) is 6.07 Å². The fourth-order valence-corrected chi connectivity index (χ4v) is 5.87. The molecule has 0 N–H and O–H groups in total. The molecule has 3 rings (SSSR count). The normalized spacial score (nSPS) is 30.0. The molecule has 0 unspecified atom stereocenters. The van der Waals surface area contributed by atoms with Crippen LogP contribution in [0.5, 0.6) is 0 Å². The van der Waals surface area contributed by atoms with E-state index in [4.69, 9.17) is 0 Å². The van der Waals surface area contributed by atoms with E-state index in [0.717, 1.165) is 31.1 Å². The lowest BCUT2D eigenvalue weighted by Crippen LogP contribution is -2.24. The van der Waals surface area contributed by atoms with Crippen LogP contribution in [0.3, 0.4) is 0 Å². The lowest BCUT2D eigenvalue weighted by atomic mass is 9.68. The average Bonchev–Trinajstić information content (AvgIpc) is 2.79. The highest BCUT2D eigenvalue weighted by Gasteiger charge is 2.34. The SMILES string of the molecule is CCCCC[C@H]1CC[C@H](CCc2ccc(C3CCC(C#N)(CC)CC3)cc2)CC1. The summed E-state index contributed by atoms with van der Waals surface area (Å²) in [4.78, 5) is 0. The van der Waals surface area contributed by atoms with Crippen molar-refractivity contribution in [3.05, 3.63) is 35.4 Å². The van der Waals surface area contributed by atoms with Crippen LogP contribution in [0.2, 0.25) is 0 Å². The summed E-state index contributed by atoms with van der Waals surface area (Å²) in [6.07, 6.45) is 19.8. The van der Waals surface area contributed by atoms with Crippen molar-refractivity contribution in [2.45, 2.75) is 116 Å². The number of nitrogens with zero attached hydrogens (tertiary/aromatic N) is 1. The summed E-state index contributed by atoms with van der Waals surface area (Å²) in [5, 5.41) is 9.51. The first-order valence-corrected chi connectivity index (χ1v) is 12.7. The van der Waals surface area contributed by atoms with Gasteiger partial charge < -0.3 is 0 Å². The molecule has 0 saturated heterocycles. The van der Waals surface area contributed by atoms with E-state index in [0.29, 0.717) is 5.92 Å². The van der Waals surface area contributed by atoms with Gasteiger partial charge in [0.25, 0.3) is 0 Å². The van der Waals surface area contributed by atoms with E-state index in [1.807, 2.05) is 0 Å². The Bertz CT molecular complexity index is 621. The largest absolute Gasteiger partial charge is 0.198 e. The number of nitriles is 1. The molecule has 0 spiro atoms. The van der Waals surface area contributed by atoms with Crippen molar-refractivity contribution in [3.63, 3.8) is 0 Å². The Hall–Kier alpha value is -1.29. The third kappa shape index (κ3) is 6.34. The van der Waals surface area contributed by atoms with Crippen molar-refractivity contribution >= 4 is 0 Å². The van der Waals surface area contributed by atoms with Crippen LogP contribution in [0.1, 0.15) is 121 Å². The van der Waals surface area contributed by atoms with E-state index in [1.165, 1.54) is 88.2 Å². The van der Waals surface area contributed by atoms with Crippen molar-refractivity contribution in [1.29, 1.82) is 5.26 Å². The molecule has 1 nitrogen and oxygen atoms in total. The highest BCUT2D eigenvalue weighted by molar-refractivity contribution is 5.26. The molecule has 29 heavy (non-hydrogen) atoms. The Morgan fingerprint density at radius 3 is 2.03 bits per heavy atom. The quantitative estimate of drug-likeness (QED) is 0.385. The van der Waals surface area contributed by atoms with Gasteiger partial charge in [-0.1, -0.05) is 89.5 Å². The summed E-state index contributed by atoms with van der Waals surface area (Å²) in [7, 11) is 0. The minimum atomic E-state index is -0.0363. The summed E-state index contributed by atoms with van der Waals surface area (Å²) in [6, 6.07) is 12.2. The zero-order valence-electron chi connectivity index (χ0n) is 19.1. The second kappa shape index (κ2) is 11.2. The van der Waals surface area contributed by atoms with Gasteiger partial charge in [-0.2, -0.15) is 5.26 Å². The molecule has 1 aromatic carbocycles. The Morgan fingerprint density at radius 1 is 0.862 bits per heavy atom. The molecule has 0 atom stereocenters. The smallest absolute Gasteiger partial charge is 0.0689 e. The second-order valence-corrected chi connectivity index (χ2v) is 10.2. The van der Waals surface area contributed by atoms with Crippen LogP contribution in [-0.4, -0.2) is 0 Å². The van der Waals surface area contributed by atoms with Crippen molar-refractivity contribution in [1.82, 2.24) is 0 Å². The van der Waals surface area contributed by atoms with Crippen LogP contribution >= 0.6 is 0 Å². The fourth-order valence-electron chi connectivity index (χ4n) is 5.87. The molecular weight excluding hydrogens is 350 g/mol. The summed E-state index contributed by atoms with van der Waals surface area (Å²) < 4.78 is 0. The lowest BCUT2D eigenvalue weighted by Gasteiger charge is -2.34. The lowest BCUT2D eigenvalue weighted by molar-refractivity contribution is 0.238. The van der Waals surface area contributed by atoms with Crippen LogP contribution in [-0.2, 0) is 6.42 Å². The van der Waals surface area contributed by atoms with Crippen molar-refractivity contribution < 1.29 is 0 Å².